The van der Waals surface area contributed by atoms with Gasteiger partial charge in [-0.05, 0) is 31.1 Å². The van der Waals surface area contributed by atoms with Gasteiger partial charge in [0.2, 0.25) is 0 Å². The van der Waals surface area contributed by atoms with Gasteiger partial charge in [0, 0.05) is 0 Å². The summed E-state index contributed by atoms with van der Waals surface area (Å²) in [7, 11) is 0. The van der Waals surface area contributed by atoms with E-state index in [0.717, 1.165) is 18.4 Å². The van der Waals surface area contributed by atoms with Crippen molar-refractivity contribution in [3.8, 4) is 0 Å². The predicted molar refractivity (Wildman–Crippen MR) is 59.2 cm³/mol. The van der Waals surface area contributed by atoms with Crippen LogP contribution in [0.15, 0.2) is 12.7 Å². The zero-order chi connectivity index (χ0) is 9.80. The van der Waals surface area contributed by atoms with Crippen molar-refractivity contribution >= 4 is 0 Å². The highest BCUT2D eigenvalue weighted by atomic mass is 16.5. The molecule has 0 aliphatic heterocycles. The average Bonchev–Trinajstić information content (AvgIpc) is 2.26. The standard InChI is InChI=1S/C13H22O/c1-2-10-14-13-9-5-7-11-6-3-4-8-12(11)13/h2,11-13H,1,3-10H2. The van der Waals surface area contributed by atoms with E-state index in [1.165, 1.54) is 44.9 Å². The van der Waals surface area contributed by atoms with E-state index in [9.17, 15) is 0 Å². The summed E-state index contributed by atoms with van der Waals surface area (Å²) < 4.78 is 5.88. The fourth-order valence-corrected chi connectivity index (χ4v) is 3.28. The molecule has 0 N–H and O–H groups in total. The van der Waals surface area contributed by atoms with Gasteiger partial charge in [0.25, 0.3) is 0 Å². The molecule has 0 aromatic carbocycles. The summed E-state index contributed by atoms with van der Waals surface area (Å²) in [5.74, 6) is 1.85. The molecule has 2 aliphatic rings. The maximum Gasteiger partial charge on any atom is 0.0648 e. The number of hydrogen-bond donors (Lipinski definition) is 0. The Labute approximate surface area is 87.5 Å². The van der Waals surface area contributed by atoms with Crippen LogP contribution in [-0.2, 0) is 4.74 Å². The van der Waals surface area contributed by atoms with Gasteiger partial charge in [-0.15, -0.1) is 6.58 Å². The molecule has 3 unspecified atom stereocenters. The maximum atomic E-state index is 5.88. The average molecular weight is 194 g/mol. The zero-order valence-corrected chi connectivity index (χ0v) is 9.08. The second-order valence-electron chi connectivity index (χ2n) is 4.80. The van der Waals surface area contributed by atoms with Crippen LogP contribution in [0, 0.1) is 11.8 Å². The Kier molecular flexibility index (Phi) is 3.63. The molecule has 1 nitrogen and oxygen atoms in total. The van der Waals surface area contributed by atoms with Gasteiger partial charge in [-0.3, -0.25) is 0 Å². The van der Waals surface area contributed by atoms with E-state index in [4.69, 9.17) is 4.74 Å². The van der Waals surface area contributed by atoms with Gasteiger partial charge in [0.1, 0.15) is 0 Å². The minimum absolute atomic E-state index is 0.548. The molecule has 80 valence electrons. The van der Waals surface area contributed by atoms with E-state index in [2.05, 4.69) is 6.58 Å². The molecule has 2 rings (SSSR count). The Balaban J connectivity index is 1.90. The van der Waals surface area contributed by atoms with E-state index < -0.39 is 0 Å². The van der Waals surface area contributed by atoms with Crippen molar-refractivity contribution < 1.29 is 4.74 Å². The summed E-state index contributed by atoms with van der Waals surface area (Å²) in [5, 5.41) is 0. The Morgan fingerprint density at radius 1 is 1.07 bits per heavy atom. The van der Waals surface area contributed by atoms with Crippen LogP contribution in [0.1, 0.15) is 44.9 Å². The smallest absolute Gasteiger partial charge is 0.0648 e. The van der Waals surface area contributed by atoms with Crippen molar-refractivity contribution in [1.29, 1.82) is 0 Å². The largest absolute Gasteiger partial charge is 0.374 e. The molecule has 0 aromatic rings. The van der Waals surface area contributed by atoms with Gasteiger partial charge in [-0.25, -0.2) is 0 Å². The van der Waals surface area contributed by atoms with Crippen molar-refractivity contribution in [2.45, 2.75) is 51.0 Å². The van der Waals surface area contributed by atoms with Crippen LogP contribution in [0.2, 0.25) is 0 Å². The van der Waals surface area contributed by atoms with Crippen molar-refractivity contribution in [3.05, 3.63) is 12.7 Å². The number of ether oxygens (including phenoxy) is 1. The molecule has 0 amide bonds. The van der Waals surface area contributed by atoms with Gasteiger partial charge >= 0.3 is 0 Å². The van der Waals surface area contributed by atoms with Crippen molar-refractivity contribution in [2.75, 3.05) is 6.61 Å². The molecule has 0 heterocycles. The SMILES string of the molecule is C=CCOC1CCCC2CCCCC21. The first kappa shape index (κ1) is 10.2. The first-order valence-corrected chi connectivity index (χ1v) is 6.14. The minimum Gasteiger partial charge on any atom is -0.374 e. The topological polar surface area (TPSA) is 9.23 Å². The molecule has 3 atom stereocenters. The molecule has 1 heteroatoms. The Morgan fingerprint density at radius 2 is 1.86 bits per heavy atom. The Hall–Kier alpha value is -0.300. The van der Waals surface area contributed by atoms with E-state index >= 15 is 0 Å². The van der Waals surface area contributed by atoms with E-state index in [0.29, 0.717) is 6.10 Å². The molecule has 0 saturated heterocycles. The number of rotatable bonds is 3. The number of fused-ring (bicyclic) bond motifs is 1. The van der Waals surface area contributed by atoms with Crippen LogP contribution < -0.4 is 0 Å². The van der Waals surface area contributed by atoms with Crippen molar-refractivity contribution in [1.82, 2.24) is 0 Å². The third-order valence-electron chi connectivity index (χ3n) is 3.94. The summed E-state index contributed by atoms with van der Waals surface area (Å²) in [6, 6.07) is 0. The Bertz CT molecular complexity index is 186. The molecular weight excluding hydrogens is 172 g/mol. The van der Waals surface area contributed by atoms with Crippen LogP contribution in [0.4, 0.5) is 0 Å². The lowest BCUT2D eigenvalue weighted by atomic mass is 9.69. The first-order chi connectivity index (χ1) is 6.92. The van der Waals surface area contributed by atoms with Gasteiger partial charge in [0.15, 0.2) is 0 Å². The molecule has 2 fully saturated rings. The first-order valence-electron chi connectivity index (χ1n) is 6.14. The van der Waals surface area contributed by atoms with Crippen LogP contribution in [0.3, 0.4) is 0 Å². The fraction of sp³-hybridized carbons (Fsp3) is 0.846. The lowest BCUT2D eigenvalue weighted by molar-refractivity contribution is -0.0358. The van der Waals surface area contributed by atoms with Gasteiger partial charge in [-0.2, -0.15) is 0 Å². The Morgan fingerprint density at radius 3 is 2.71 bits per heavy atom. The third kappa shape index (κ3) is 2.20. The quantitative estimate of drug-likeness (QED) is 0.624. The number of hydrogen-bond acceptors (Lipinski definition) is 1. The second-order valence-corrected chi connectivity index (χ2v) is 4.80. The highest BCUT2D eigenvalue weighted by Gasteiger charge is 2.34. The van der Waals surface area contributed by atoms with Gasteiger partial charge in [-0.1, -0.05) is 31.8 Å². The molecule has 2 aliphatic carbocycles. The lowest BCUT2D eigenvalue weighted by Gasteiger charge is -2.41. The van der Waals surface area contributed by atoms with Gasteiger partial charge in [0.05, 0.1) is 12.7 Å². The van der Waals surface area contributed by atoms with E-state index in [1.54, 1.807) is 0 Å². The molecule has 0 spiro atoms. The summed E-state index contributed by atoms with van der Waals surface area (Å²) in [6.45, 7) is 4.47. The summed E-state index contributed by atoms with van der Waals surface area (Å²) in [6.07, 6.45) is 12.3. The van der Waals surface area contributed by atoms with Crippen molar-refractivity contribution in [2.24, 2.45) is 11.8 Å². The maximum absolute atomic E-state index is 5.88. The molecule has 0 aromatic heterocycles. The monoisotopic (exact) mass is 194 g/mol. The third-order valence-corrected chi connectivity index (χ3v) is 3.94. The molecule has 2 saturated carbocycles. The molecule has 0 bridgehead atoms. The van der Waals surface area contributed by atoms with Crippen molar-refractivity contribution in [3.63, 3.8) is 0 Å². The minimum atomic E-state index is 0.548. The van der Waals surface area contributed by atoms with Crippen LogP contribution in [0.5, 0.6) is 0 Å². The highest BCUT2D eigenvalue weighted by molar-refractivity contribution is 4.86. The van der Waals surface area contributed by atoms with Crippen LogP contribution >= 0.6 is 0 Å². The van der Waals surface area contributed by atoms with E-state index in [-0.39, 0.29) is 0 Å². The predicted octanol–water partition coefficient (Wildman–Crippen LogP) is 3.55. The normalized spacial score (nSPS) is 37.6. The molecular formula is C13H22O. The summed E-state index contributed by atoms with van der Waals surface area (Å²) >= 11 is 0. The van der Waals surface area contributed by atoms with E-state index in [1.807, 2.05) is 6.08 Å². The molecule has 14 heavy (non-hydrogen) atoms. The van der Waals surface area contributed by atoms with Crippen LogP contribution in [0.25, 0.3) is 0 Å². The zero-order valence-electron chi connectivity index (χ0n) is 9.08. The fourth-order valence-electron chi connectivity index (χ4n) is 3.28. The van der Waals surface area contributed by atoms with Crippen LogP contribution in [-0.4, -0.2) is 12.7 Å². The molecule has 0 radical (unpaired) electrons. The highest BCUT2D eigenvalue weighted by Crippen LogP contribution is 2.41. The lowest BCUT2D eigenvalue weighted by Crippen LogP contribution is -2.36. The van der Waals surface area contributed by atoms with Gasteiger partial charge < -0.3 is 4.74 Å². The summed E-state index contributed by atoms with van der Waals surface area (Å²) in [5.41, 5.74) is 0. The summed E-state index contributed by atoms with van der Waals surface area (Å²) in [4.78, 5) is 0. The second kappa shape index (κ2) is 4.97.